The van der Waals surface area contributed by atoms with Crippen LogP contribution in [0, 0.1) is 17.5 Å². The van der Waals surface area contributed by atoms with Crippen LogP contribution in [0.25, 0.3) is 0 Å². The Labute approximate surface area is 108 Å². The molecule has 0 saturated carbocycles. The van der Waals surface area contributed by atoms with E-state index in [-0.39, 0.29) is 12.2 Å². The molecule has 0 aliphatic carbocycles. The minimum absolute atomic E-state index is 0.0459. The zero-order valence-electron chi connectivity index (χ0n) is 9.91. The molecule has 5 heteroatoms. The van der Waals surface area contributed by atoms with Crippen LogP contribution in [0.3, 0.4) is 0 Å². The van der Waals surface area contributed by atoms with Gasteiger partial charge in [0.25, 0.3) is 0 Å². The summed E-state index contributed by atoms with van der Waals surface area (Å²) in [7, 11) is 0. The van der Waals surface area contributed by atoms with E-state index in [9.17, 15) is 18.3 Å². The lowest BCUT2D eigenvalue weighted by molar-refractivity contribution is 0.191. The quantitative estimate of drug-likeness (QED) is 0.891. The Morgan fingerprint density at radius 1 is 1.00 bits per heavy atom. The molecule has 0 heterocycles. The van der Waals surface area contributed by atoms with Crippen molar-refractivity contribution in [2.45, 2.75) is 6.10 Å². The SMILES string of the molecule is OC(CNc1cc(F)ccc1F)c1cccc(F)c1. The highest BCUT2D eigenvalue weighted by Gasteiger charge is 2.10. The van der Waals surface area contributed by atoms with Crippen LogP contribution in [0.1, 0.15) is 11.7 Å². The molecule has 0 saturated heterocycles. The minimum Gasteiger partial charge on any atom is -0.387 e. The maximum atomic E-state index is 13.3. The molecule has 0 spiro atoms. The molecular weight excluding hydrogens is 255 g/mol. The van der Waals surface area contributed by atoms with Crippen molar-refractivity contribution in [3.8, 4) is 0 Å². The molecule has 1 unspecified atom stereocenters. The van der Waals surface area contributed by atoms with E-state index >= 15 is 0 Å². The van der Waals surface area contributed by atoms with Crippen LogP contribution in [0.5, 0.6) is 0 Å². The van der Waals surface area contributed by atoms with Crippen molar-refractivity contribution >= 4 is 5.69 Å². The van der Waals surface area contributed by atoms with Gasteiger partial charge in [-0.1, -0.05) is 12.1 Å². The monoisotopic (exact) mass is 267 g/mol. The molecule has 19 heavy (non-hydrogen) atoms. The molecule has 2 nitrogen and oxygen atoms in total. The molecule has 0 bridgehead atoms. The van der Waals surface area contributed by atoms with Crippen molar-refractivity contribution in [2.24, 2.45) is 0 Å². The van der Waals surface area contributed by atoms with E-state index in [2.05, 4.69) is 5.32 Å². The summed E-state index contributed by atoms with van der Waals surface area (Å²) in [5.74, 6) is -1.66. The molecule has 2 aromatic rings. The third-order valence-electron chi connectivity index (χ3n) is 2.65. The van der Waals surface area contributed by atoms with Crippen molar-refractivity contribution in [2.75, 3.05) is 11.9 Å². The molecular formula is C14H12F3NO. The molecule has 2 N–H and O–H groups in total. The Balaban J connectivity index is 2.04. The van der Waals surface area contributed by atoms with Gasteiger partial charge >= 0.3 is 0 Å². The van der Waals surface area contributed by atoms with Gasteiger partial charge < -0.3 is 10.4 Å². The standard InChI is InChI=1S/C14H12F3NO/c15-10-3-1-2-9(6-10)14(19)8-18-13-7-11(16)4-5-12(13)17/h1-7,14,18-19H,8H2. The summed E-state index contributed by atoms with van der Waals surface area (Å²) in [6.45, 7) is -0.0518. The summed E-state index contributed by atoms with van der Waals surface area (Å²) in [6.07, 6.45) is -1.02. The van der Waals surface area contributed by atoms with Gasteiger partial charge in [-0.3, -0.25) is 0 Å². The molecule has 2 rings (SSSR count). The number of hydrogen-bond acceptors (Lipinski definition) is 2. The molecule has 0 fully saturated rings. The summed E-state index contributed by atoms with van der Waals surface area (Å²) in [6, 6.07) is 8.46. The number of nitrogens with one attached hydrogen (secondary N) is 1. The average Bonchev–Trinajstić information content (AvgIpc) is 2.39. The maximum Gasteiger partial charge on any atom is 0.146 e. The van der Waals surface area contributed by atoms with Crippen LogP contribution in [0.4, 0.5) is 18.9 Å². The van der Waals surface area contributed by atoms with E-state index in [1.54, 1.807) is 6.07 Å². The van der Waals surface area contributed by atoms with Crippen LogP contribution in [0.2, 0.25) is 0 Å². The number of benzene rings is 2. The van der Waals surface area contributed by atoms with Crippen molar-refractivity contribution in [1.29, 1.82) is 0 Å². The van der Waals surface area contributed by atoms with E-state index in [1.165, 1.54) is 18.2 Å². The fourth-order valence-electron chi connectivity index (χ4n) is 1.67. The molecule has 2 aromatic carbocycles. The summed E-state index contributed by atoms with van der Waals surface area (Å²) in [4.78, 5) is 0. The Kier molecular flexibility index (Phi) is 4.06. The van der Waals surface area contributed by atoms with Gasteiger partial charge in [0, 0.05) is 6.54 Å². The third kappa shape index (κ3) is 3.48. The van der Waals surface area contributed by atoms with Crippen LogP contribution in [0.15, 0.2) is 42.5 Å². The molecule has 0 radical (unpaired) electrons. The molecule has 0 aliphatic heterocycles. The molecule has 100 valence electrons. The number of halogens is 3. The van der Waals surface area contributed by atoms with Crippen LogP contribution < -0.4 is 5.32 Å². The number of rotatable bonds is 4. The summed E-state index contributed by atoms with van der Waals surface area (Å²) >= 11 is 0. The van der Waals surface area contributed by atoms with Crippen molar-refractivity contribution in [3.63, 3.8) is 0 Å². The Bertz CT molecular complexity index is 574. The van der Waals surface area contributed by atoms with E-state index in [1.807, 2.05) is 0 Å². The zero-order chi connectivity index (χ0) is 13.8. The third-order valence-corrected chi connectivity index (χ3v) is 2.65. The number of aliphatic hydroxyl groups is 1. The van der Waals surface area contributed by atoms with Crippen LogP contribution in [-0.4, -0.2) is 11.7 Å². The summed E-state index contributed by atoms with van der Waals surface area (Å²) in [5, 5.41) is 12.4. The molecule has 0 aliphatic rings. The second-order valence-corrected chi connectivity index (χ2v) is 4.08. The lowest BCUT2D eigenvalue weighted by atomic mass is 10.1. The summed E-state index contributed by atoms with van der Waals surface area (Å²) in [5.41, 5.74) is 0.319. The van der Waals surface area contributed by atoms with Gasteiger partial charge in [0.15, 0.2) is 0 Å². The minimum atomic E-state index is -1.02. The van der Waals surface area contributed by atoms with Gasteiger partial charge in [0.1, 0.15) is 17.5 Å². The number of hydrogen-bond donors (Lipinski definition) is 2. The van der Waals surface area contributed by atoms with Crippen molar-refractivity contribution < 1.29 is 18.3 Å². The van der Waals surface area contributed by atoms with E-state index < -0.39 is 23.6 Å². The fourth-order valence-corrected chi connectivity index (χ4v) is 1.67. The second kappa shape index (κ2) is 5.75. The predicted octanol–water partition coefficient (Wildman–Crippen LogP) is 3.25. The van der Waals surface area contributed by atoms with E-state index in [4.69, 9.17) is 0 Å². The van der Waals surface area contributed by atoms with Gasteiger partial charge in [-0.2, -0.15) is 0 Å². The normalized spacial score (nSPS) is 12.2. The average molecular weight is 267 g/mol. The fraction of sp³-hybridized carbons (Fsp3) is 0.143. The first kappa shape index (κ1) is 13.4. The van der Waals surface area contributed by atoms with E-state index in [0.717, 1.165) is 18.2 Å². The van der Waals surface area contributed by atoms with Crippen LogP contribution in [-0.2, 0) is 0 Å². The van der Waals surface area contributed by atoms with Crippen molar-refractivity contribution in [1.82, 2.24) is 0 Å². The van der Waals surface area contributed by atoms with Gasteiger partial charge in [-0.25, -0.2) is 13.2 Å². The molecule has 0 amide bonds. The molecule has 1 atom stereocenters. The Hall–Kier alpha value is -2.01. The van der Waals surface area contributed by atoms with Crippen LogP contribution >= 0.6 is 0 Å². The van der Waals surface area contributed by atoms with Gasteiger partial charge in [-0.15, -0.1) is 0 Å². The van der Waals surface area contributed by atoms with E-state index in [0.29, 0.717) is 5.56 Å². The predicted molar refractivity (Wildman–Crippen MR) is 66.2 cm³/mol. The zero-order valence-corrected chi connectivity index (χ0v) is 9.91. The number of aliphatic hydroxyl groups excluding tert-OH is 1. The smallest absolute Gasteiger partial charge is 0.146 e. The van der Waals surface area contributed by atoms with Gasteiger partial charge in [0.2, 0.25) is 0 Å². The second-order valence-electron chi connectivity index (χ2n) is 4.08. The number of anilines is 1. The van der Waals surface area contributed by atoms with Gasteiger partial charge in [0.05, 0.1) is 11.8 Å². The highest BCUT2D eigenvalue weighted by atomic mass is 19.1. The first-order valence-corrected chi connectivity index (χ1v) is 5.69. The highest BCUT2D eigenvalue weighted by Crippen LogP contribution is 2.18. The molecule has 0 aromatic heterocycles. The largest absolute Gasteiger partial charge is 0.387 e. The first-order valence-electron chi connectivity index (χ1n) is 5.69. The Morgan fingerprint density at radius 2 is 1.74 bits per heavy atom. The maximum absolute atomic E-state index is 13.3. The lowest BCUT2D eigenvalue weighted by Crippen LogP contribution is -2.13. The first-order chi connectivity index (χ1) is 9.06. The highest BCUT2D eigenvalue weighted by molar-refractivity contribution is 5.45. The lowest BCUT2D eigenvalue weighted by Gasteiger charge is -2.13. The topological polar surface area (TPSA) is 32.3 Å². The van der Waals surface area contributed by atoms with Crippen molar-refractivity contribution in [3.05, 3.63) is 65.5 Å². The Morgan fingerprint density at radius 3 is 2.47 bits per heavy atom. The summed E-state index contributed by atoms with van der Waals surface area (Å²) < 4.78 is 39.2. The van der Waals surface area contributed by atoms with Gasteiger partial charge in [-0.05, 0) is 35.9 Å².